The van der Waals surface area contributed by atoms with Gasteiger partial charge in [0.15, 0.2) is 0 Å². The Labute approximate surface area is 126 Å². The molecule has 1 atom stereocenters. The molecule has 3 N–H and O–H groups in total. The van der Waals surface area contributed by atoms with Crippen LogP contribution in [0.5, 0.6) is 0 Å². The minimum absolute atomic E-state index is 0.330. The first-order chi connectivity index (χ1) is 10.2. The van der Waals surface area contributed by atoms with Crippen LogP contribution in [-0.4, -0.2) is 22.8 Å². The van der Waals surface area contributed by atoms with Crippen molar-refractivity contribution in [2.45, 2.75) is 6.17 Å². The Morgan fingerprint density at radius 3 is 2.38 bits per heavy atom. The maximum atomic E-state index is 9.26. The van der Waals surface area contributed by atoms with Gasteiger partial charge in [-0.05, 0) is 24.3 Å². The smallest absolute Gasteiger partial charge is 0.148 e. The zero-order valence-electron chi connectivity index (χ0n) is 11.0. The summed E-state index contributed by atoms with van der Waals surface area (Å²) >= 11 is 5.89. The molecule has 1 heterocycles. The number of rotatable bonds is 2. The lowest BCUT2D eigenvalue weighted by Gasteiger charge is -2.19. The Balaban J connectivity index is 2.03. The minimum atomic E-state index is -0.647. The molecule has 3 rings (SSSR count). The van der Waals surface area contributed by atoms with Crippen LogP contribution in [0.1, 0.15) is 5.56 Å². The van der Waals surface area contributed by atoms with E-state index in [4.69, 9.17) is 17.3 Å². The number of hydrogen-bond donors (Lipinski definition) is 2. The third-order valence-electron chi connectivity index (χ3n) is 3.24. The molecule has 0 saturated carbocycles. The average molecular weight is 301 g/mol. The molecule has 106 valence electrons. The van der Waals surface area contributed by atoms with Crippen LogP contribution in [0.2, 0.25) is 5.02 Å². The fourth-order valence-corrected chi connectivity index (χ4v) is 2.32. The molecule has 21 heavy (non-hydrogen) atoms. The average Bonchev–Trinajstić information content (AvgIpc) is 2.86. The number of nitrogens with zero attached hydrogens (tertiary/aromatic N) is 3. The highest BCUT2D eigenvalue weighted by Gasteiger charge is 2.33. The molecule has 2 aromatic carbocycles. The largest absolute Gasteiger partial charge is 0.410 e. The van der Waals surface area contributed by atoms with Crippen LogP contribution >= 0.6 is 11.6 Å². The van der Waals surface area contributed by atoms with Crippen LogP contribution in [0.25, 0.3) is 0 Å². The van der Waals surface area contributed by atoms with Crippen LogP contribution in [0, 0.1) is 0 Å². The number of oxime groups is 1. The van der Waals surface area contributed by atoms with Crippen LogP contribution < -0.4 is 10.7 Å². The zero-order valence-corrected chi connectivity index (χ0v) is 11.8. The first-order valence-corrected chi connectivity index (χ1v) is 6.75. The van der Waals surface area contributed by atoms with Gasteiger partial charge >= 0.3 is 0 Å². The van der Waals surface area contributed by atoms with E-state index < -0.39 is 6.17 Å². The van der Waals surface area contributed by atoms with Crippen LogP contribution in [0.4, 0.5) is 5.69 Å². The van der Waals surface area contributed by atoms with E-state index >= 15 is 0 Å². The van der Waals surface area contributed by atoms with Crippen molar-refractivity contribution in [3.05, 3.63) is 65.2 Å². The maximum Gasteiger partial charge on any atom is 0.148 e. The Bertz CT molecular complexity index is 697. The van der Waals surface area contributed by atoms with Crippen molar-refractivity contribution in [3.63, 3.8) is 0 Å². The summed E-state index contributed by atoms with van der Waals surface area (Å²) in [5.74, 6) is 0. The first-order valence-electron chi connectivity index (χ1n) is 6.37. The van der Waals surface area contributed by atoms with Gasteiger partial charge in [0, 0.05) is 10.6 Å². The second kappa shape index (κ2) is 5.55. The van der Waals surface area contributed by atoms with Gasteiger partial charge in [-0.15, -0.1) is 0 Å². The monoisotopic (exact) mass is 300 g/mol. The summed E-state index contributed by atoms with van der Waals surface area (Å²) in [6.45, 7) is 0. The van der Waals surface area contributed by atoms with Gasteiger partial charge in [0.2, 0.25) is 0 Å². The molecule has 0 bridgehead atoms. The number of hydrazone groups is 1. The summed E-state index contributed by atoms with van der Waals surface area (Å²) in [6, 6.07) is 16.6. The second-order valence-electron chi connectivity index (χ2n) is 4.57. The van der Waals surface area contributed by atoms with Gasteiger partial charge < -0.3 is 10.9 Å². The van der Waals surface area contributed by atoms with E-state index in [9.17, 15) is 5.21 Å². The molecule has 0 fully saturated rings. The van der Waals surface area contributed by atoms with E-state index in [1.807, 2.05) is 42.5 Å². The molecule has 0 aromatic heterocycles. The van der Waals surface area contributed by atoms with E-state index in [-0.39, 0.29) is 0 Å². The lowest BCUT2D eigenvalue weighted by Crippen LogP contribution is -2.41. The molecule has 0 amide bonds. The Hall–Kier alpha value is -2.37. The van der Waals surface area contributed by atoms with Gasteiger partial charge in [-0.3, -0.25) is 0 Å². The van der Waals surface area contributed by atoms with Gasteiger partial charge in [-0.25, -0.2) is 5.01 Å². The van der Waals surface area contributed by atoms with E-state index in [0.717, 1.165) is 11.3 Å². The summed E-state index contributed by atoms with van der Waals surface area (Å²) in [5.41, 5.74) is 8.63. The highest BCUT2D eigenvalue weighted by molar-refractivity contribution is 6.51. The lowest BCUT2D eigenvalue weighted by atomic mass is 10.1. The third-order valence-corrected chi connectivity index (χ3v) is 3.49. The van der Waals surface area contributed by atoms with Gasteiger partial charge in [0.1, 0.15) is 17.6 Å². The fraction of sp³-hybridized carbons (Fsp3) is 0.0667. The van der Waals surface area contributed by atoms with Crippen LogP contribution in [0.15, 0.2) is 64.9 Å². The minimum Gasteiger partial charge on any atom is -0.410 e. The molecule has 0 spiro atoms. The zero-order chi connectivity index (χ0) is 14.8. The molecule has 0 aliphatic carbocycles. The summed E-state index contributed by atoms with van der Waals surface area (Å²) in [5, 5.41) is 19.3. The molecule has 1 aliphatic rings. The molecule has 6 heteroatoms. The van der Waals surface area contributed by atoms with Crippen molar-refractivity contribution >= 4 is 28.7 Å². The maximum absolute atomic E-state index is 9.26. The van der Waals surface area contributed by atoms with E-state index in [0.29, 0.717) is 16.4 Å². The highest BCUT2D eigenvalue weighted by Crippen LogP contribution is 2.24. The Kier molecular flexibility index (Phi) is 3.60. The summed E-state index contributed by atoms with van der Waals surface area (Å²) in [4.78, 5) is 0. The normalized spacial score (nSPS) is 19.9. The molecular formula is C15H13ClN4O. The van der Waals surface area contributed by atoms with Crippen LogP contribution in [0.3, 0.4) is 0 Å². The molecular weight excluding hydrogens is 288 g/mol. The van der Waals surface area contributed by atoms with Crippen molar-refractivity contribution < 1.29 is 5.21 Å². The second-order valence-corrected chi connectivity index (χ2v) is 5.00. The van der Waals surface area contributed by atoms with E-state index in [1.165, 1.54) is 0 Å². The van der Waals surface area contributed by atoms with Gasteiger partial charge in [0.25, 0.3) is 0 Å². The number of hydrogen-bond acceptors (Lipinski definition) is 5. The van der Waals surface area contributed by atoms with Crippen molar-refractivity contribution in [1.82, 2.24) is 0 Å². The Morgan fingerprint density at radius 2 is 1.76 bits per heavy atom. The van der Waals surface area contributed by atoms with E-state index in [1.54, 1.807) is 17.1 Å². The molecule has 1 aliphatic heterocycles. The number of halogens is 1. The first kappa shape index (κ1) is 13.6. The summed E-state index contributed by atoms with van der Waals surface area (Å²) in [7, 11) is 0. The number of anilines is 1. The third kappa shape index (κ3) is 2.49. The predicted octanol–water partition coefficient (Wildman–Crippen LogP) is 2.68. The molecule has 2 aromatic rings. The molecule has 1 unspecified atom stereocenters. The van der Waals surface area contributed by atoms with E-state index in [2.05, 4.69) is 10.3 Å². The SMILES string of the molecule is NC1/C(=N\O)C(c2ccccc2)=NN1c1ccc(Cl)cc1. The topological polar surface area (TPSA) is 74.2 Å². The highest BCUT2D eigenvalue weighted by atomic mass is 35.5. The molecule has 5 nitrogen and oxygen atoms in total. The summed E-state index contributed by atoms with van der Waals surface area (Å²) in [6.07, 6.45) is -0.647. The van der Waals surface area contributed by atoms with Crippen molar-refractivity contribution in [2.24, 2.45) is 16.0 Å². The molecule has 0 radical (unpaired) electrons. The van der Waals surface area contributed by atoms with Crippen molar-refractivity contribution in [1.29, 1.82) is 0 Å². The van der Waals surface area contributed by atoms with Gasteiger partial charge in [-0.2, -0.15) is 5.10 Å². The quantitative estimate of drug-likeness (QED) is 0.661. The summed E-state index contributed by atoms with van der Waals surface area (Å²) < 4.78 is 0. The lowest BCUT2D eigenvalue weighted by molar-refractivity contribution is 0.318. The molecule has 0 saturated heterocycles. The van der Waals surface area contributed by atoms with Crippen LogP contribution in [-0.2, 0) is 0 Å². The standard InChI is InChI=1S/C15H13ClN4O/c16-11-6-8-12(9-7-11)20-15(17)14(19-21)13(18-20)10-4-2-1-3-5-10/h1-9,15,21H,17H2/b19-14-. The number of benzene rings is 2. The Morgan fingerprint density at radius 1 is 1.10 bits per heavy atom. The van der Waals surface area contributed by atoms with Crippen molar-refractivity contribution in [3.8, 4) is 0 Å². The predicted molar refractivity (Wildman–Crippen MR) is 84.1 cm³/mol. The number of nitrogens with two attached hydrogens (primary N) is 1. The van der Waals surface area contributed by atoms with Gasteiger partial charge in [0.05, 0.1) is 5.69 Å². The van der Waals surface area contributed by atoms with Crippen molar-refractivity contribution in [2.75, 3.05) is 5.01 Å². The van der Waals surface area contributed by atoms with Gasteiger partial charge in [-0.1, -0.05) is 47.1 Å². The fourth-order valence-electron chi connectivity index (χ4n) is 2.20.